The number of ether oxygens (including phenoxy) is 1. The number of benzene rings is 1. The molecule has 0 amide bonds. The zero-order chi connectivity index (χ0) is 27.9. The summed E-state index contributed by atoms with van der Waals surface area (Å²) in [5.74, 6) is 1.08. The van der Waals surface area contributed by atoms with Gasteiger partial charge in [-0.2, -0.15) is 0 Å². The number of anilines is 2. The van der Waals surface area contributed by atoms with Crippen molar-refractivity contribution in [1.29, 1.82) is 0 Å². The smallest absolute Gasteiger partial charge is 0.287 e. The average Bonchev–Trinajstić information content (AvgIpc) is 3.50. The number of hydrogen-bond acceptors (Lipinski definition) is 10. The Kier molecular flexibility index (Phi) is 14.6. The minimum atomic E-state index is -0.473. The molecule has 1 aliphatic heterocycles. The molecule has 0 bridgehead atoms. The molecule has 2 N–H and O–H groups in total. The van der Waals surface area contributed by atoms with E-state index in [0.29, 0.717) is 60.4 Å². The third kappa shape index (κ3) is 9.51. The minimum absolute atomic E-state index is 0. The van der Waals surface area contributed by atoms with Gasteiger partial charge in [-0.3, -0.25) is 15.0 Å². The molecule has 1 fully saturated rings. The van der Waals surface area contributed by atoms with Crippen molar-refractivity contribution in [3.8, 4) is 22.5 Å². The second-order valence-electron chi connectivity index (χ2n) is 9.05. The Bertz CT molecular complexity index is 1440. The van der Waals surface area contributed by atoms with E-state index < -0.39 is 4.92 Å². The molecule has 0 saturated carbocycles. The lowest BCUT2D eigenvalue weighted by Crippen LogP contribution is -2.43. The van der Waals surface area contributed by atoms with E-state index in [1.807, 2.05) is 6.07 Å². The Labute approximate surface area is 277 Å². The Morgan fingerprint density at radius 1 is 1.02 bits per heavy atom. The van der Waals surface area contributed by atoms with E-state index in [4.69, 9.17) is 37.9 Å². The standard InChI is InChI=1S/C26H27Cl2N9O3.3ClH/c27-18-1-3-20(22(28)13-18)25-21(23-16-29-17-33-23)15-32-26(34-25)36(8-7-35-9-11-40-12-10-35)6-5-30-24-4-2-19(14-31-24)37(38)39;;;/h1-4,13-17H,5-12H2,(H,29,33)(H,30,31);3*1H. The summed E-state index contributed by atoms with van der Waals surface area (Å²) in [6, 6.07) is 8.32. The van der Waals surface area contributed by atoms with Crippen molar-refractivity contribution in [3.63, 3.8) is 0 Å². The van der Waals surface area contributed by atoms with Gasteiger partial charge in [-0.1, -0.05) is 23.2 Å². The largest absolute Gasteiger partial charge is 0.379 e. The van der Waals surface area contributed by atoms with Gasteiger partial charge < -0.3 is 19.9 Å². The van der Waals surface area contributed by atoms with Crippen LogP contribution in [0.1, 0.15) is 0 Å². The second-order valence-corrected chi connectivity index (χ2v) is 9.89. The molecule has 0 unspecified atom stereocenters. The predicted molar refractivity (Wildman–Crippen MR) is 176 cm³/mol. The summed E-state index contributed by atoms with van der Waals surface area (Å²) in [6.45, 7) is 5.70. The lowest BCUT2D eigenvalue weighted by Gasteiger charge is -2.30. The number of aromatic nitrogens is 5. The molecule has 17 heteroatoms. The van der Waals surface area contributed by atoms with Crippen LogP contribution in [0.3, 0.4) is 0 Å². The molecule has 4 heterocycles. The van der Waals surface area contributed by atoms with Crippen LogP contribution >= 0.6 is 60.4 Å². The fourth-order valence-corrected chi connectivity index (χ4v) is 4.83. The Morgan fingerprint density at radius 2 is 1.81 bits per heavy atom. The van der Waals surface area contributed by atoms with E-state index in [9.17, 15) is 10.1 Å². The summed E-state index contributed by atoms with van der Waals surface area (Å²) in [5, 5.41) is 15.2. The molecule has 0 spiro atoms. The number of H-pyrrole nitrogens is 1. The fraction of sp³-hybridized carbons (Fsp3) is 0.308. The molecule has 0 radical (unpaired) electrons. The summed E-state index contributed by atoms with van der Waals surface area (Å²) in [4.78, 5) is 36.0. The molecule has 3 aromatic heterocycles. The monoisotopic (exact) mass is 691 g/mol. The van der Waals surface area contributed by atoms with Gasteiger partial charge in [0.15, 0.2) is 0 Å². The van der Waals surface area contributed by atoms with Gasteiger partial charge in [0, 0.05) is 67.7 Å². The number of halogens is 5. The lowest BCUT2D eigenvalue weighted by atomic mass is 10.1. The quantitative estimate of drug-likeness (QED) is 0.150. The lowest BCUT2D eigenvalue weighted by molar-refractivity contribution is -0.385. The van der Waals surface area contributed by atoms with Gasteiger partial charge in [0.05, 0.1) is 47.1 Å². The molecular formula is C26H30Cl5N9O3. The van der Waals surface area contributed by atoms with Crippen LogP contribution in [0.2, 0.25) is 10.0 Å². The summed E-state index contributed by atoms with van der Waals surface area (Å²) in [7, 11) is 0. The van der Waals surface area contributed by atoms with Crippen molar-refractivity contribution in [1.82, 2.24) is 29.8 Å². The van der Waals surface area contributed by atoms with Crippen molar-refractivity contribution in [2.24, 2.45) is 0 Å². The zero-order valence-corrected chi connectivity index (χ0v) is 26.7. The number of morpholine rings is 1. The molecule has 0 aliphatic carbocycles. The number of nitro groups is 1. The average molecular weight is 694 g/mol. The first-order valence-electron chi connectivity index (χ1n) is 12.7. The molecule has 0 atom stereocenters. The first-order chi connectivity index (χ1) is 19.5. The van der Waals surface area contributed by atoms with Crippen molar-refractivity contribution in [3.05, 3.63) is 75.4 Å². The van der Waals surface area contributed by atoms with Crippen molar-refractivity contribution >= 4 is 77.9 Å². The molecule has 43 heavy (non-hydrogen) atoms. The van der Waals surface area contributed by atoms with Gasteiger partial charge in [0.25, 0.3) is 5.69 Å². The van der Waals surface area contributed by atoms with E-state index in [0.717, 1.165) is 36.5 Å². The Morgan fingerprint density at radius 3 is 2.47 bits per heavy atom. The highest BCUT2D eigenvalue weighted by Crippen LogP contribution is 2.35. The maximum absolute atomic E-state index is 10.9. The normalized spacial score (nSPS) is 12.8. The van der Waals surface area contributed by atoms with Crippen LogP contribution in [0.5, 0.6) is 0 Å². The topological polar surface area (TPSA) is 138 Å². The number of hydrogen-bond donors (Lipinski definition) is 2. The molecule has 1 aliphatic rings. The highest BCUT2D eigenvalue weighted by atomic mass is 35.5. The first kappa shape index (κ1) is 36.2. The summed E-state index contributed by atoms with van der Waals surface area (Å²) in [5.41, 5.74) is 2.83. The van der Waals surface area contributed by atoms with E-state index in [1.54, 1.807) is 36.9 Å². The van der Waals surface area contributed by atoms with E-state index >= 15 is 0 Å². The number of aromatic amines is 1. The number of pyridine rings is 1. The van der Waals surface area contributed by atoms with Gasteiger partial charge in [-0.15, -0.1) is 37.2 Å². The molecule has 1 aromatic carbocycles. The Hall–Kier alpha value is -2.97. The van der Waals surface area contributed by atoms with Gasteiger partial charge in [0.2, 0.25) is 5.95 Å². The Balaban J connectivity index is 0.00000215. The van der Waals surface area contributed by atoms with Crippen LogP contribution in [0.15, 0.2) is 55.2 Å². The predicted octanol–water partition coefficient (Wildman–Crippen LogP) is 5.66. The molecule has 12 nitrogen and oxygen atoms in total. The van der Waals surface area contributed by atoms with Crippen molar-refractivity contribution in [2.75, 3.05) is 62.7 Å². The summed E-state index contributed by atoms with van der Waals surface area (Å²) < 4.78 is 5.49. The molecule has 232 valence electrons. The first-order valence-corrected chi connectivity index (χ1v) is 13.4. The summed E-state index contributed by atoms with van der Waals surface area (Å²) >= 11 is 12.8. The van der Waals surface area contributed by atoms with Crippen LogP contribution in [-0.4, -0.2) is 87.2 Å². The number of nitrogens with zero attached hydrogens (tertiary/aromatic N) is 7. The summed E-state index contributed by atoms with van der Waals surface area (Å²) in [6.07, 6.45) is 6.31. The number of rotatable bonds is 11. The van der Waals surface area contributed by atoms with Crippen LogP contribution in [-0.2, 0) is 4.74 Å². The third-order valence-electron chi connectivity index (χ3n) is 6.47. The molecular weight excluding hydrogens is 664 g/mol. The van der Waals surface area contributed by atoms with Crippen molar-refractivity contribution in [2.45, 2.75) is 0 Å². The minimum Gasteiger partial charge on any atom is -0.379 e. The van der Waals surface area contributed by atoms with E-state index in [2.05, 4.69) is 30.1 Å². The molecule has 4 aromatic rings. The zero-order valence-electron chi connectivity index (χ0n) is 22.7. The van der Waals surface area contributed by atoms with E-state index in [-0.39, 0.29) is 42.9 Å². The van der Waals surface area contributed by atoms with Gasteiger partial charge in [-0.25, -0.2) is 19.9 Å². The third-order valence-corrected chi connectivity index (χ3v) is 7.02. The van der Waals surface area contributed by atoms with Crippen LogP contribution in [0.4, 0.5) is 17.5 Å². The second kappa shape index (κ2) is 17.4. The van der Waals surface area contributed by atoms with Gasteiger partial charge in [0.1, 0.15) is 12.0 Å². The maximum atomic E-state index is 10.9. The van der Waals surface area contributed by atoms with Crippen LogP contribution in [0.25, 0.3) is 22.5 Å². The maximum Gasteiger partial charge on any atom is 0.287 e. The molecule has 5 rings (SSSR count). The van der Waals surface area contributed by atoms with Crippen LogP contribution in [0, 0.1) is 10.1 Å². The SMILES string of the molecule is Cl.Cl.Cl.O=[N+]([O-])c1ccc(NCCN(CCN2CCOCC2)c2ncc(-c3cnc[nH]3)c(-c3ccc(Cl)cc3Cl)n2)nc1. The van der Waals surface area contributed by atoms with Gasteiger partial charge >= 0.3 is 0 Å². The van der Waals surface area contributed by atoms with Crippen molar-refractivity contribution < 1.29 is 9.66 Å². The fourth-order valence-electron chi connectivity index (χ4n) is 4.33. The van der Waals surface area contributed by atoms with Gasteiger partial charge in [-0.05, 0) is 24.3 Å². The van der Waals surface area contributed by atoms with E-state index in [1.165, 1.54) is 12.3 Å². The highest BCUT2D eigenvalue weighted by molar-refractivity contribution is 6.36. The number of imidazole rings is 1. The number of nitrogens with one attached hydrogen (secondary N) is 2. The van der Waals surface area contributed by atoms with Crippen LogP contribution < -0.4 is 10.2 Å². The molecule has 1 saturated heterocycles. The highest BCUT2D eigenvalue weighted by Gasteiger charge is 2.20.